The molecule has 1 aliphatic heterocycles. The van der Waals surface area contributed by atoms with E-state index in [1.807, 2.05) is 0 Å². The van der Waals surface area contributed by atoms with Gasteiger partial charge < -0.3 is 24.8 Å². The van der Waals surface area contributed by atoms with Crippen LogP contribution in [0, 0.1) is 0 Å². The molecule has 3 rings (SSSR count). The van der Waals surface area contributed by atoms with E-state index in [2.05, 4.69) is 10.6 Å². The molecule has 0 unspecified atom stereocenters. The van der Waals surface area contributed by atoms with Gasteiger partial charge in [-0.1, -0.05) is 11.6 Å². The smallest absolute Gasteiger partial charge is 0.416 e. The number of anilines is 2. The van der Waals surface area contributed by atoms with E-state index in [1.54, 1.807) is 6.92 Å². The minimum absolute atomic E-state index is 0.0603. The number of benzene rings is 2. The zero-order chi connectivity index (χ0) is 21.0. The summed E-state index contributed by atoms with van der Waals surface area (Å²) in [6, 6.07) is 6.09. The summed E-state index contributed by atoms with van der Waals surface area (Å²) in [6.07, 6.45) is -4.51. The summed E-state index contributed by atoms with van der Waals surface area (Å²) in [5, 5.41) is 5.52. The molecule has 2 N–H and O–H groups in total. The van der Waals surface area contributed by atoms with E-state index in [-0.39, 0.29) is 29.6 Å². The predicted molar refractivity (Wildman–Crippen MR) is 102 cm³/mol. The molecule has 0 atom stereocenters. The van der Waals surface area contributed by atoms with Gasteiger partial charge in [-0.3, -0.25) is 4.79 Å². The number of nitrogens with one attached hydrogen (secondary N) is 2. The largest absolute Gasteiger partial charge is 0.492 e. The Balaban J connectivity index is 1.70. The SMILES string of the molecule is CCOc1ccc(C(F)(F)F)cc1NCC(=O)Nc1cc2c(cc1Cl)OCCO2. The van der Waals surface area contributed by atoms with Gasteiger partial charge >= 0.3 is 6.18 Å². The summed E-state index contributed by atoms with van der Waals surface area (Å²) in [4.78, 5) is 12.3. The third-order valence-electron chi connectivity index (χ3n) is 3.95. The summed E-state index contributed by atoms with van der Waals surface area (Å²) in [6.45, 7) is 2.45. The van der Waals surface area contributed by atoms with Gasteiger partial charge in [-0.25, -0.2) is 0 Å². The second kappa shape index (κ2) is 8.69. The molecule has 0 aliphatic carbocycles. The Labute approximate surface area is 169 Å². The van der Waals surface area contributed by atoms with Crippen molar-refractivity contribution in [3.05, 3.63) is 40.9 Å². The van der Waals surface area contributed by atoms with Crippen molar-refractivity contribution in [3.8, 4) is 17.2 Å². The van der Waals surface area contributed by atoms with Crippen molar-refractivity contribution in [2.75, 3.05) is 37.0 Å². The van der Waals surface area contributed by atoms with E-state index in [0.717, 1.165) is 12.1 Å². The van der Waals surface area contributed by atoms with Crippen LogP contribution in [0.5, 0.6) is 17.2 Å². The van der Waals surface area contributed by atoms with Crippen molar-refractivity contribution in [1.82, 2.24) is 0 Å². The maximum atomic E-state index is 13.0. The molecule has 6 nitrogen and oxygen atoms in total. The van der Waals surface area contributed by atoms with Crippen molar-refractivity contribution in [2.24, 2.45) is 0 Å². The van der Waals surface area contributed by atoms with Gasteiger partial charge in [0.25, 0.3) is 0 Å². The summed E-state index contributed by atoms with van der Waals surface area (Å²) in [5.41, 5.74) is -0.486. The number of alkyl halides is 3. The molecule has 1 heterocycles. The summed E-state index contributed by atoms with van der Waals surface area (Å²) < 4.78 is 55.1. The van der Waals surface area contributed by atoms with Crippen LogP contribution in [0.2, 0.25) is 5.02 Å². The highest BCUT2D eigenvalue weighted by atomic mass is 35.5. The van der Waals surface area contributed by atoms with E-state index in [1.165, 1.54) is 18.2 Å². The molecule has 1 aliphatic rings. The van der Waals surface area contributed by atoms with Gasteiger partial charge in [-0.2, -0.15) is 13.2 Å². The molecule has 2 aromatic rings. The van der Waals surface area contributed by atoms with Crippen LogP contribution in [0.4, 0.5) is 24.5 Å². The van der Waals surface area contributed by atoms with Crippen molar-refractivity contribution < 1.29 is 32.2 Å². The fourth-order valence-electron chi connectivity index (χ4n) is 2.66. The molecule has 10 heteroatoms. The molecule has 0 saturated carbocycles. The Morgan fingerprint density at radius 2 is 1.83 bits per heavy atom. The zero-order valence-corrected chi connectivity index (χ0v) is 16.1. The van der Waals surface area contributed by atoms with Crippen LogP contribution in [-0.2, 0) is 11.0 Å². The van der Waals surface area contributed by atoms with Gasteiger partial charge in [-0.05, 0) is 25.1 Å². The topological polar surface area (TPSA) is 68.8 Å². The van der Waals surface area contributed by atoms with Gasteiger partial charge in [0.05, 0.1) is 35.1 Å². The molecule has 0 spiro atoms. The highest BCUT2D eigenvalue weighted by Crippen LogP contribution is 2.38. The van der Waals surface area contributed by atoms with Crippen molar-refractivity contribution in [2.45, 2.75) is 13.1 Å². The fourth-order valence-corrected chi connectivity index (χ4v) is 2.86. The summed E-state index contributed by atoms with van der Waals surface area (Å²) in [7, 11) is 0. The molecule has 29 heavy (non-hydrogen) atoms. The highest BCUT2D eigenvalue weighted by Gasteiger charge is 2.31. The van der Waals surface area contributed by atoms with Crippen molar-refractivity contribution in [1.29, 1.82) is 0 Å². The minimum atomic E-state index is -4.51. The van der Waals surface area contributed by atoms with Crippen molar-refractivity contribution in [3.63, 3.8) is 0 Å². The number of hydrogen-bond donors (Lipinski definition) is 2. The van der Waals surface area contributed by atoms with E-state index in [9.17, 15) is 18.0 Å². The van der Waals surface area contributed by atoms with Crippen LogP contribution in [-0.4, -0.2) is 32.3 Å². The number of amides is 1. The van der Waals surface area contributed by atoms with Gasteiger partial charge in [0.2, 0.25) is 5.91 Å². The van der Waals surface area contributed by atoms with Crippen LogP contribution in [0.25, 0.3) is 0 Å². The lowest BCUT2D eigenvalue weighted by atomic mass is 10.1. The molecular formula is C19H18ClF3N2O4. The normalized spacial score (nSPS) is 13.0. The number of hydrogen-bond acceptors (Lipinski definition) is 5. The lowest BCUT2D eigenvalue weighted by molar-refractivity contribution is -0.137. The summed E-state index contributed by atoms with van der Waals surface area (Å²) >= 11 is 6.14. The molecule has 2 aromatic carbocycles. The number of carbonyl (C=O) groups excluding carboxylic acids is 1. The maximum Gasteiger partial charge on any atom is 0.416 e. The van der Waals surface area contributed by atoms with Gasteiger partial charge in [0.1, 0.15) is 19.0 Å². The second-order valence-electron chi connectivity index (χ2n) is 6.02. The number of ether oxygens (including phenoxy) is 3. The Morgan fingerprint density at radius 3 is 2.48 bits per heavy atom. The third-order valence-corrected chi connectivity index (χ3v) is 4.26. The number of rotatable bonds is 6. The number of fused-ring (bicyclic) bond motifs is 1. The molecule has 0 aromatic heterocycles. The first-order valence-electron chi connectivity index (χ1n) is 8.75. The molecule has 0 bridgehead atoms. The van der Waals surface area contributed by atoms with Gasteiger partial charge in [0, 0.05) is 12.1 Å². The molecule has 156 valence electrons. The Morgan fingerprint density at radius 1 is 1.14 bits per heavy atom. The van der Waals surface area contributed by atoms with E-state index >= 15 is 0 Å². The van der Waals surface area contributed by atoms with Crippen LogP contribution in [0.3, 0.4) is 0 Å². The predicted octanol–water partition coefficient (Wildman–Crippen LogP) is 4.58. The lowest BCUT2D eigenvalue weighted by Gasteiger charge is -2.20. The average molecular weight is 431 g/mol. The fraction of sp³-hybridized carbons (Fsp3) is 0.316. The first-order chi connectivity index (χ1) is 13.8. The lowest BCUT2D eigenvalue weighted by Crippen LogP contribution is -2.23. The molecule has 0 fully saturated rings. The average Bonchev–Trinajstić information content (AvgIpc) is 2.67. The van der Waals surface area contributed by atoms with E-state index < -0.39 is 17.6 Å². The Bertz CT molecular complexity index is 906. The van der Waals surface area contributed by atoms with Crippen molar-refractivity contribution >= 4 is 28.9 Å². The summed E-state index contributed by atoms with van der Waals surface area (Å²) in [5.74, 6) is 0.622. The molecular weight excluding hydrogens is 413 g/mol. The Hall–Kier alpha value is -2.81. The first kappa shape index (κ1) is 20.9. The zero-order valence-electron chi connectivity index (χ0n) is 15.4. The standard InChI is InChI=1S/C19H18ClF3N2O4/c1-2-27-15-4-3-11(19(21,22)23)7-14(15)24-10-18(26)25-13-9-17-16(8-12(13)20)28-5-6-29-17/h3-4,7-9,24H,2,5-6,10H2,1H3,(H,25,26). The van der Waals surface area contributed by atoms with Crippen LogP contribution in [0.15, 0.2) is 30.3 Å². The molecule has 0 radical (unpaired) electrons. The minimum Gasteiger partial charge on any atom is -0.492 e. The second-order valence-corrected chi connectivity index (χ2v) is 6.43. The van der Waals surface area contributed by atoms with Gasteiger partial charge in [0.15, 0.2) is 11.5 Å². The third kappa shape index (κ3) is 5.17. The van der Waals surface area contributed by atoms with Crippen LogP contribution in [0.1, 0.15) is 12.5 Å². The Kier molecular flexibility index (Phi) is 6.26. The maximum absolute atomic E-state index is 13.0. The first-order valence-corrected chi connectivity index (χ1v) is 9.12. The quantitative estimate of drug-likeness (QED) is 0.702. The van der Waals surface area contributed by atoms with Crippen LogP contribution < -0.4 is 24.8 Å². The van der Waals surface area contributed by atoms with E-state index in [0.29, 0.717) is 30.4 Å². The highest BCUT2D eigenvalue weighted by molar-refractivity contribution is 6.34. The number of carbonyl (C=O) groups is 1. The monoisotopic (exact) mass is 430 g/mol. The number of halogens is 4. The molecule has 1 amide bonds. The molecule has 0 saturated heterocycles. The van der Waals surface area contributed by atoms with E-state index in [4.69, 9.17) is 25.8 Å². The van der Waals surface area contributed by atoms with Gasteiger partial charge in [-0.15, -0.1) is 0 Å². The van der Waals surface area contributed by atoms with Crippen LogP contribution >= 0.6 is 11.6 Å².